The monoisotopic (exact) mass is 445 g/mol. The van der Waals surface area contributed by atoms with Gasteiger partial charge in [0.05, 0.1) is 4.90 Å². The molecule has 27 heavy (non-hydrogen) atoms. The number of carboxylic acids is 1. The molecule has 0 radical (unpaired) electrons. The number of alkyl halides is 3. The lowest BCUT2D eigenvalue weighted by Crippen LogP contribution is -2.45. The molecular weight excluding hydrogens is 427 g/mol. The van der Waals surface area contributed by atoms with E-state index >= 15 is 0 Å². The second-order valence-electron chi connectivity index (χ2n) is 5.59. The molecule has 0 aliphatic carbocycles. The minimum atomic E-state index is -5.40. The predicted octanol–water partition coefficient (Wildman–Crippen LogP) is 2.35. The number of carbonyl (C=O) groups excluding carboxylic acids is 1. The molecule has 0 bridgehead atoms. The molecule has 0 spiro atoms. The van der Waals surface area contributed by atoms with Crippen LogP contribution in [0.5, 0.6) is 0 Å². The van der Waals surface area contributed by atoms with Crippen LogP contribution in [0, 0.1) is 5.92 Å². The van der Waals surface area contributed by atoms with Crippen LogP contribution >= 0.6 is 24.4 Å². The standard InChI is InChI=1S/C15H18F3NO5S3/c1-9(6-25)13(20)19-12(14(21)22)8-26-7-10-2-4-11(5-3-10)27(23,24)15(16,17)18/h2-5,9,12,25H,6-8H2,1H3,(H,19,20)(H,21,22)/t9-,12+/m1/s1. The third-order valence-corrected chi connectivity index (χ3v) is 6.58. The van der Waals surface area contributed by atoms with Gasteiger partial charge in [-0.05, 0) is 17.7 Å². The summed E-state index contributed by atoms with van der Waals surface area (Å²) < 4.78 is 60.0. The number of hydrogen-bond donors (Lipinski definition) is 3. The molecule has 2 N–H and O–H groups in total. The van der Waals surface area contributed by atoms with Gasteiger partial charge in [-0.15, -0.1) is 0 Å². The summed E-state index contributed by atoms with van der Waals surface area (Å²) in [6, 6.07) is 3.02. The molecule has 6 nitrogen and oxygen atoms in total. The van der Waals surface area contributed by atoms with Gasteiger partial charge in [-0.2, -0.15) is 37.6 Å². The molecule has 0 fully saturated rings. The molecule has 0 aromatic heterocycles. The fourth-order valence-corrected chi connectivity index (χ4v) is 3.70. The molecule has 12 heteroatoms. The van der Waals surface area contributed by atoms with E-state index in [1.54, 1.807) is 6.92 Å². The van der Waals surface area contributed by atoms with Gasteiger partial charge >= 0.3 is 11.5 Å². The van der Waals surface area contributed by atoms with E-state index in [2.05, 4.69) is 17.9 Å². The Morgan fingerprint density at radius 2 is 1.81 bits per heavy atom. The van der Waals surface area contributed by atoms with Gasteiger partial charge in [-0.25, -0.2) is 13.2 Å². The minimum Gasteiger partial charge on any atom is -0.480 e. The lowest BCUT2D eigenvalue weighted by molar-refractivity contribution is -0.141. The first-order valence-electron chi connectivity index (χ1n) is 7.52. The first kappa shape index (κ1) is 23.6. The highest BCUT2D eigenvalue weighted by atomic mass is 32.2. The topological polar surface area (TPSA) is 101 Å². The molecule has 1 aromatic carbocycles. The molecule has 0 aliphatic rings. The SMILES string of the molecule is C[C@H](CS)C(=O)N[C@@H](CSCc1ccc(S(=O)(=O)C(F)(F)F)cc1)C(=O)O. The largest absolute Gasteiger partial charge is 0.501 e. The Kier molecular flexibility index (Phi) is 8.48. The number of halogens is 3. The maximum Gasteiger partial charge on any atom is 0.501 e. The van der Waals surface area contributed by atoms with Gasteiger partial charge in [0.2, 0.25) is 5.91 Å². The van der Waals surface area contributed by atoms with E-state index in [9.17, 15) is 31.2 Å². The summed E-state index contributed by atoms with van der Waals surface area (Å²) in [4.78, 5) is 22.1. The fraction of sp³-hybridized carbons (Fsp3) is 0.467. The number of amides is 1. The van der Waals surface area contributed by atoms with Crippen LogP contribution in [-0.2, 0) is 25.2 Å². The molecule has 0 saturated heterocycles. The van der Waals surface area contributed by atoms with Gasteiger partial charge in [-0.1, -0.05) is 19.1 Å². The molecule has 1 aromatic rings. The Hall–Kier alpha value is -1.40. The first-order chi connectivity index (χ1) is 12.4. The van der Waals surface area contributed by atoms with Crippen molar-refractivity contribution in [1.29, 1.82) is 0 Å². The predicted molar refractivity (Wildman–Crippen MR) is 98.4 cm³/mol. The van der Waals surface area contributed by atoms with Gasteiger partial charge < -0.3 is 10.4 Å². The van der Waals surface area contributed by atoms with Crippen LogP contribution in [0.4, 0.5) is 13.2 Å². The van der Waals surface area contributed by atoms with Crippen LogP contribution in [-0.4, -0.2) is 48.5 Å². The Morgan fingerprint density at radius 1 is 1.26 bits per heavy atom. The number of benzene rings is 1. The Balaban J connectivity index is 2.67. The zero-order valence-corrected chi connectivity index (χ0v) is 16.6. The summed E-state index contributed by atoms with van der Waals surface area (Å²) in [5.41, 5.74) is -4.86. The summed E-state index contributed by atoms with van der Waals surface area (Å²) in [6.07, 6.45) is 0. The number of rotatable bonds is 9. The molecular formula is C15H18F3NO5S3. The van der Waals surface area contributed by atoms with Crippen LogP contribution in [0.15, 0.2) is 29.2 Å². The molecule has 2 atom stereocenters. The van der Waals surface area contributed by atoms with Crippen LogP contribution in [0.1, 0.15) is 12.5 Å². The van der Waals surface area contributed by atoms with Crippen molar-refractivity contribution in [3.63, 3.8) is 0 Å². The third-order valence-electron chi connectivity index (χ3n) is 3.43. The number of carbonyl (C=O) groups is 2. The van der Waals surface area contributed by atoms with Crippen molar-refractivity contribution in [2.24, 2.45) is 5.92 Å². The number of thioether (sulfide) groups is 1. The average Bonchev–Trinajstić information content (AvgIpc) is 2.59. The van der Waals surface area contributed by atoms with E-state index in [1.165, 1.54) is 12.1 Å². The highest BCUT2D eigenvalue weighted by Crippen LogP contribution is 2.30. The molecule has 1 amide bonds. The second-order valence-corrected chi connectivity index (χ2v) is 8.93. The summed E-state index contributed by atoms with van der Waals surface area (Å²) >= 11 is 5.10. The maximum absolute atomic E-state index is 12.5. The highest BCUT2D eigenvalue weighted by Gasteiger charge is 2.46. The molecule has 1 rings (SSSR count). The van der Waals surface area contributed by atoms with Crippen molar-refractivity contribution in [2.75, 3.05) is 11.5 Å². The van der Waals surface area contributed by atoms with Crippen LogP contribution < -0.4 is 5.32 Å². The van der Waals surface area contributed by atoms with Gasteiger partial charge in [-0.3, -0.25) is 4.79 Å². The van der Waals surface area contributed by atoms with Gasteiger partial charge in [0.1, 0.15) is 6.04 Å². The number of sulfone groups is 1. The van der Waals surface area contributed by atoms with Crippen molar-refractivity contribution < 1.29 is 36.3 Å². The van der Waals surface area contributed by atoms with Crippen molar-refractivity contribution in [3.8, 4) is 0 Å². The summed E-state index contributed by atoms with van der Waals surface area (Å²) in [5, 5.41) is 11.5. The van der Waals surface area contributed by atoms with Crippen molar-refractivity contribution in [1.82, 2.24) is 5.32 Å². The molecule has 0 saturated carbocycles. The number of carboxylic acid groups (broad SMARTS) is 1. The van der Waals surface area contributed by atoms with E-state index in [-0.39, 0.29) is 17.3 Å². The van der Waals surface area contributed by atoms with Crippen LogP contribution in [0.2, 0.25) is 0 Å². The lowest BCUT2D eigenvalue weighted by Gasteiger charge is -2.16. The minimum absolute atomic E-state index is 0.0307. The van der Waals surface area contributed by atoms with Crippen LogP contribution in [0.25, 0.3) is 0 Å². The Bertz CT molecular complexity index is 766. The van der Waals surface area contributed by atoms with E-state index in [0.29, 0.717) is 5.56 Å². The summed E-state index contributed by atoms with van der Waals surface area (Å²) in [7, 11) is -5.40. The Labute approximate surface area is 164 Å². The summed E-state index contributed by atoms with van der Waals surface area (Å²) in [5.74, 6) is -1.59. The number of aliphatic carboxylic acids is 1. The van der Waals surface area contributed by atoms with E-state index in [4.69, 9.17) is 5.11 Å². The zero-order valence-electron chi connectivity index (χ0n) is 14.1. The van der Waals surface area contributed by atoms with Gasteiger partial charge in [0.25, 0.3) is 9.84 Å². The quantitative estimate of drug-likeness (QED) is 0.505. The van der Waals surface area contributed by atoms with E-state index < -0.39 is 44.1 Å². The Morgan fingerprint density at radius 3 is 2.26 bits per heavy atom. The molecule has 0 heterocycles. The smallest absolute Gasteiger partial charge is 0.480 e. The number of nitrogens with one attached hydrogen (secondary N) is 1. The zero-order chi connectivity index (χ0) is 20.8. The number of hydrogen-bond acceptors (Lipinski definition) is 6. The summed E-state index contributed by atoms with van der Waals surface area (Å²) in [6.45, 7) is 1.60. The van der Waals surface area contributed by atoms with Crippen molar-refractivity contribution >= 4 is 46.1 Å². The third kappa shape index (κ3) is 6.61. The fourth-order valence-electron chi connectivity index (χ4n) is 1.76. The highest BCUT2D eigenvalue weighted by molar-refractivity contribution is 7.98. The maximum atomic E-state index is 12.5. The average molecular weight is 446 g/mol. The van der Waals surface area contributed by atoms with E-state index in [0.717, 1.165) is 23.9 Å². The van der Waals surface area contributed by atoms with E-state index in [1.807, 2.05) is 0 Å². The van der Waals surface area contributed by atoms with Crippen molar-refractivity contribution in [2.45, 2.75) is 29.1 Å². The first-order valence-corrected chi connectivity index (χ1v) is 10.8. The van der Waals surface area contributed by atoms with Crippen LogP contribution in [0.3, 0.4) is 0 Å². The van der Waals surface area contributed by atoms with Gasteiger partial charge in [0, 0.05) is 23.2 Å². The lowest BCUT2D eigenvalue weighted by atomic mass is 10.2. The number of thiol groups is 1. The molecule has 0 unspecified atom stereocenters. The van der Waals surface area contributed by atoms with Gasteiger partial charge in [0.15, 0.2) is 0 Å². The normalized spacial score (nSPS) is 14.4. The van der Waals surface area contributed by atoms with Crippen molar-refractivity contribution in [3.05, 3.63) is 29.8 Å². The molecule has 152 valence electrons. The molecule has 0 aliphatic heterocycles. The second kappa shape index (κ2) is 9.69.